The van der Waals surface area contributed by atoms with E-state index >= 15 is 0 Å². The average Bonchev–Trinajstić information content (AvgIpc) is 2.83. The number of esters is 1. The van der Waals surface area contributed by atoms with Gasteiger partial charge in [-0.3, -0.25) is 14.4 Å². The zero-order chi connectivity index (χ0) is 25.2. The van der Waals surface area contributed by atoms with Crippen molar-refractivity contribution in [3.63, 3.8) is 0 Å². The van der Waals surface area contributed by atoms with Crippen molar-refractivity contribution >= 4 is 68.5 Å². The average molecular weight is 576 g/mol. The Labute approximate surface area is 221 Å². The molecule has 3 rings (SSSR count). The first-order valence-corrected chi connectivity index (χ1v) is 12.8. The van der Waals surface area contributed by atoms with Gasteiger partial charge in [-0.1, -0.05) is 39.3 Å². The van der Waals surface area contributed by atoms with E-state index in [0.29, 0.717) is 22.8 Å². The van der Waals surface area contributed by atoms with E-state index in [-0.39, 0.29) is 25.4 Å². The van der Waals surface area contributed by atoms with Crippen LogP contribution in [0.3, 0.4) is 0 Å². The van der Waals surface area contributed by atoms with Crippen molar-refractivity contribution in [2.75, 3.05) is 17.2 Å². The van der Waals surface area contributed by atoms with E-state index in [9.17, 15) is 14.4 Å². The van der Waals surface area contributed by atoms with E-state index < -0.39 is 11.9 Å². The van der Waals surface area contributed by atoms with Crippen LogP contribution in [0.2, 0.25) is 5.02 Å². The molecule has 2 amide bonds. The second-order valence-electron chi connectivity index (χ2n) is 7.65. The maximum atomic E-state index is 12.2. The molecule has 0 fully saturated rings. The molecule has 0 bridgehead atoms. The van der Waals surface area contributed by atoms with Crippen molar-refractivity contribution < 1.29 is 19.1 Å². The molecule has 0 heterocycles. The fraction of sp³-hybridized carbons (Fsp3) is 0.192. The Morgan fingerprint density at radius 2 is 1.46 bits per heavy atom. The molecule has 0 aliphatic rings. The lowest BCUT2D eigenvalue weighted by Crippen LogP contribution is -2.21. The smallest absolute Gasteiger partial charge is 0.306 e. The van der Waals surface area contributed by atoms with Gasteiger partial charge in [0.2, 0.25) is 5.91 Å². The van der Waals surface area contributed by atoms with Crippen LogP contribution in [0, 0.1) is 6.92 Å². The fourth-order valence-corrected chi connectivity index (χ4v) is 4.19. The standard InChI is InChI=1S/C26H24BrClN2O4S/c1-17-15-20(9-14-23(17)27)30-25(32)16-34-26(33)4-2-3-24(31)29-19-7-12-22(13-8-19)35-21-10-5-18(28)6-11-21/h5-15H,2-4,16H2,1H3,(H,29,31)(H,30,32). The number of halogens is 2. The molecule has 2 N–H and O–H groups in total. The molecule has 182 valence electrons. The lowest BCUT2D eigenvalue weighted by molar-refractivity contribution is -0.147. The number of hydrogen-bond acceptors (Lipinski definition) is 5. The van der Waals surface area contributed by atoms with Crippen molar-refractivity contribution in [1.82, 2.24) is 0 Å². The number of hydrogen-bond donors (Lipinski definition) is 2. The molecule has 0 radical (unpaired) electrons. The Morgan fingerprint density at radius 1 is 0.857 bits per heavy atom. The molecule has 3 aromatic carbocycles. The van der Waals surface area contributed by atoms with Gasteiger partial charge in [0.1, 0.15) is 0 Å². The molecule has 0 aromatic heterocycles. The molecule has 0 unspecified atom stereocenters. The van der Waals surface area contributed by atoms with Crippen molar-refractivity contribution in [1.29, 1.82) is 0 Å². The summed E-state index contributed by atoms with van der Waals surface area (Å²) in [5.74, 6) is -1.14. The topological polar surface area (TPSA) is 84.5 Å². The maximum Gasteiger partial charge on any atom is 0.306 e. The summed E-state index contributed by atoms with van der Waals surface area (Å²) in [4.78, 5) is 38.1. The number of carbonyl (C=O) groups excluding carboxylic acids is 3. The van der Waals surface area contributed by atoms with Crippen LogP contribution in [0.15, 0.2) is 81.0 Å². The van der Waals surface area contributed by atoms with Crippen LogP contribution in [-0.2, 0) is 19.1 Å². The molecule has 9 heteroatoms. The van der Waals surface area contributed by atoms with Crippen LogP contribution in [0.5, 0.6) is 0 Å². The second-order valence-corrected chi connectivity index (χ2v) is 10.1. The summed E-state index contributed by atoms with van der Waals surface area (Å²) in [5.41, 5.74) is 2.28. The van der Waals surface area contributed by atoms with Gasteiger partial charge in [-0.15, -0.1) is 0 Å². The van der Waals surface area contributed by atoms with Gasteiger partial charge in [-0.05, 0) is 85.6 Å². The molecule has 0 saturated heterocycles. The molecule has 0 saturated carbocycles. The lowest BCUT2D eigenvalue weighted by Gasteiger charge is -2.08. The number of rotatable bonds is 10. The van der Waals surface area contributed by atoms with E-state index in [4.69, 9.17) is 16.3 Å². The predicted octanol–water partition coefficient (Wildman–Crippen LogP) is 6.85. The van der Waals surface area contributed by atoms with E-state index in [2.05, 4.69) is 26.6 Å². The third-order valence-electron chi connectivity index (χ3n) is 4.78. The molecule has 3 aromatic rings. The van der Waals surface area contributed by atoms with Gasteiger partial charge in [0.25, 0.3) is 5.91 Å². The molecule has 35 heavy (non-hydrogen) atoms. The zero-order valence-corrected chi connectivity index (χ0v) is 22.1. The van der Waals surface area contributed by atoms with Crippen LogP contribution in [0.4, 0.5) is 11.4 Å². The summed E-state index contributed by atoms with van der Waals surface area (Å²) >= 11 is 10.9. The Bertz CT molecular complexity index is 1190. The molecule has 0 aliphatic heterocycles. The Morgan fingerprint density at radius 3 is 2.11 bits per heavy atom. The molecule has 6 nitrogen and oxygen atoms in total. The van der Waals surface area contributed by atoms with E-state index in [1.54, 1.807) is 17.8 Å². The van der Waals surface area contributed by atoms with Crippen molar-refractivity contribution in [2.24, 2.45) is 0 Å². The van der Waals surface area contributed by atoms with Crippen LogP contribution in [-0.4, -0.2) is 24.4 Å². The molecular formula is C26H24BrClN2O4S. The summed E-state index contributed by atoms with van der Waals surface area (Å²) < 4.78 is 5.94. The van der Waals surface area contributed by atoms with Gasteiger partial charge in [0.05, 0.1) is 0 Å². The highest BCUT2D eigenvalue weighted by Crippen LogP contribution is 2.29. The minimum absolute atomic E-state index is 0.0504. The van der Waals surface area contributed by atoms with E-state index in [1.165, 1.54) is 0 Å². The quantitative estimate of drug-likeness (QED) is 0.258. The van der Waals surface area contributed by atoms with Crippen LogP contribution >= 0.6 is 39.3 Å². The van der Waals surface area contributed by atoms with Gasteiger partial charge in [-0.25, -0.2) is 0 Å². The van der Waals surface area contributed by atoms with Gasteiger partial charge < -0.3 is 15.4 Å². The summed E-state index contributed by atoms with van der Waals surface area (Å²) in [6.07, 6.45) is 0.540. The SMILES string of the molecule is Cc1cc(NC(=O)COC(=O)CCCC(=O)Nc2ccc(Sc3ccc(Cl)cc3)cc2)ccc1Br. The Hall–Kier alpha value is -2.81. The van der Waals surface area contributed by atoms with Crippen molar-refractivity contribution in [3.05, 3.63) is 81.8 Å². The minimum Gasteiger partial charge on any atom is -0.456 e. The fourth-order valence-electron chi connectivity index (χ4n) is 3.00. The lowest BCUT2D eigenvalue weighted by atomic mass is 10.2. The number of anilines is 2. The first-order valence-electron chi connectivity index (χ1n) is 10.8. The number of benzene rings is 3. The normalized spacial score (nSPS) is 10.5. The molecule has 0 spiro atoms. The number of ether oxygens (including phenoxy) is 1. The highest BCUT2D eigenvalue weighted by Gasteiger charge is 2.10. The Kier molecular flexibility index (Phi) is 10.2. The number of carbonyl (C=O) groups is 3. The van der Waals surface area contributed by atoms with Gasteiger partial charge in [0, 0.05) is 43.5 Å². The summed E-state index contributed by atoms with van der Waals surface area (Å²) in [6.45, 7) is 1.54. The summed E-state index contributed by atoms with van der Waals surface area (Å²) in [5, 5.41) is 6.19. The molecule has 0 atom stereocenters. The molecule has 0 aliphatic carbocycles. The first-order chi connectivity index (χ1) is 16.8. The monoisotopic (exact) mass is 574 g/mol. The van der Waals surface area contributed by atoms with Crippen molar-refractivity contribution in [2.45, 2.75) is 36.0 Å². The Balaban J connectivity index is 1.32. The van der Waals surface area contributed by atoms with Gasteiger partial charge >= 0.3 is 5.97 Å². The van der Waals surface area contributed by atoms with Gasteiger partial charge in [-0.2, -0.15) is 0 Å². The number of nitrogens with one attached hydrogen (secondary N) is 2. The van der Waals surface area contributed by atoms with Crippen LogP contribution in [0.1, 0.15) is 24.8 Å². The van der Waals surface area contributed by atoms with E-state index in [1.807, 2.05) is 67.6 Å². The van der Waals surface area contributed by atoms with Gasteiger partial charge in [0.15, 0.2) is 6.61 Å². The van der Waals surface area contributed by atoms with Crippen molar-refractivity contribution in [3.8, 4) is 0 Å². The zero-order valence-electron chi connectivity index (χ0n) is 19.0. The third-order valence-corrected chi connectivity index (χ3v) is 6.94. The first kappa shape index (κ1) is 26.8. The largest absolute Gasteiger partial charge is 0.456 e. The van der Waals surface area contributed by atoms with Crippen LogP contribution in [0.25, 0.3) is 0 Å². The van der Waals surface area contributed by atoms with Crippen LogP contribution < -0.4 is 10.6 Å². The highest BCUT2D eigenvalue weighted by molar-refractivity contribution is 9.10. The van der Waals surface area contributed by atoms with E-state index in [0.717, 1.165) is 19.8 Å². The highest BCUT2D eigenvalue weighted by atomic mass is 79.9. The number of amides is 2. The molecular weight excluding hydrogens is 552 g/mol. The second kappa shape index (κ2) is 13.3. The summed E-state index contributed by atoms with van der Waals surface area (Å²) in [6, 6.07) is 20.5. The predicted molar refractivity (Wildman–Crippen MR) is 143 cm³/mol. The maximum absolute atomic E-state index is 12.2. The minimum atomic E-state index is -0.525. The third kappa shape index (κ3) is 9.39. The number of aryl methyl sites for hydroxylation is 1. The summed E-state index contributed by atoms with van der Waals surface area (Å²) in [7, 11) is 0.